The van der Waals surface area contributed by atoms with Gasteiger partial charge in [0.1, 0.15) is 0 Å². The van der Waals surface area contributed by atoms with Gasteiger partial charge in [0, 0.05) is 9.85 Å². The molecule has 1 aliphatic carbocycles. The lowest BCUT2D eigenvalue weighted by atomic mass is 9.85. The van der Waals surface area contributed by atoms with Crippen LogP contribution >= 0.6 is 27.5 Å². The number of hydrogen-bond donors (Lipinski definition) is 0. The van der Waals surface area contributed by atoms with Crippen molar-refractivity contribution in [2.45, 2.75) is 49.8 Å². The van der Waals surface area contributed by atoms with Gasteiger partial charge in [-0.25, -0.2) is 8.78 Å². The summed E-state index contributed by atoms with van der Waals surface area (Å²) >= 11 is 9.53. The molecule has 0 aromatic heterocycles. The minimum absolute atomic E-state index is 0.00275. The average molecular weight is 352 g/mol. The Morgan fingerprint density at radius 2 is 1.79 bits per heavy atom. The Kier molecular flexibility index (Phi) is 5.64. The number of halogens is 4. The molecule has 1 aliphatic rings. The molecule has 0 N–H and O–H groups in total. The van der Waals surface area contributed by atoms with E-state index in [1.165, 1.54) is 38.2 Å². The van der Waals surface area contributed by atoms with E-state index in [4.69, 9.17) is 11.6 Å². The van der Waals surface area contributed by atoms with Crippen LogP contribution in [0.15, 0.2) is 12.1 Å². The summed E-state index contributed by atoms with van der Waals surface area (Å²) in [6.07, 6.45) is 8.62. The first kappa shape index (κ1) is 15.2. The first-order valence-electron chi connectivity index (χ1n) is 6.86. The van der Waals surface area contributed by atoms with Crippen LogP contribution in [0.25, 0.3) is 0 Å². The van der Waals surface area contributed by atoms with Crippen LogP contribution in [0, 0.1) is 17.6 Å². The second kappa shape index (κ2) is 7.03. The van der Waals surface area contributed by atoms with Gasteiger partial charge < -0.3 is 0 Å². The fourth-order valence-corrected chi connectivity index (χ4v) is 3.85. The predicted molar refractivity (Wildman–Crippen MR) is 78.8 cm³/mol. The third-order valence-electron chi connectivity index (χ3n) is 3.93. The molecule has 0 spiro atoms. The van der Waals surface area contributed by atoms with Crippen LogP contribution in [0.5, 0.6) is 0 Å². The molecule has 2 rings (SSSR count). The molecule has 4 heteroatoms. The number of rotatable bonds is 4. The SMILES string of the molecule is Fc1cc(Cl)c(C(Br)CCC2CCCCC2)cc1F. The highest BCUT2D eigenvalue weighted by atomic mass is 79.9. The van der Waals surface area contributed by atoms with Crippen molar-refractivity contribution in [3.05, 3.63) is 34.4 Å². The highest BCUT2D eigenvalue weighted by Crippen LogP contribution is 2.37. The summed E-state index contributed by atoms with van der Waals surface area (Å²) in [7, 11) is 0. The summed E-state index contributed by atoms with van der Waals surface area (Å²) in [6, 6.07) is 2.26. The third-order valence-corrected chi connectivity index (χ3v) is 5.21. The van der Waals surface area contributed by atoms with E-state index in [0.717, 1.165) is 24.8 Å². The van der Waals surface area contributed by atoms with E-state index in [0.29, 0.717) is 10.6 Å². The topological polar surface area (TPSA) is 0 Å². The van der Waals surface area contributed by atoms with E-state index in [1.807, 2.05) is 0 Å². The Morgan fingerprint density at radius 1 is 1.16 bits per heavy atom. The van der Waals surface area contributed by atoms with Gasteiger partial charge in [0.2, 0.25) is 0 Å². The van der Waals surface area contributed by atoms with Gasteiger partial charge in [-0.2, -0.15) is 0 Å². The molecule has 1 aromatic carbocycles. The van der Waals surface area contributed by atoms with E-state index < -0.39 is 11.6 Å². The molecule has 0 radical (unpaired) electrons. The van der Waals surface area contributed by atoms with E-state index in [1.54, 1.807) is 0 Å². The Labute approximate surface area is 126 Å². The van der Waals surface area contributed by atoms with Crippen molar-refractivity contribution in [1.82, 2.24) is 0 Å². The Bertz CT molecular complexity index is 430. The van der Waals surface area contributed by atoms with Crippen molar-refractivity contribution in [3.63, 3.8) is 0 Å². The van der Waals surface area contributed by atoms with Gasteiger partial charge in [0.15, 0.2) is 11.6 Å². The fourth-order valence-electron chi connectivity index (χ4n) is 2.79. The zero-order valence-electron chi connectivity index (χ0n) is 10.8. The number of benzene rings is 1. The maximum atomic E-state index is 13.3. The Hall–Kier alpha value is -0.150. The molecular formula is C15H18BrClF2. The van der Waals surface area contributed by atoms with E-state index in [9.17, 15) is 8.78 Å². The summed E-state index contributed by atoms with van der Waals surface area (Å²) in [5.74, 6) is -0.944. The molecule has 0 saturated heterocycles. The van der Waals surface area contributed by atoms with Crippen molar-refractivity contribution < 1.29 is 8.78 Å². The summed E-state index contributed by atoms with van der Waals surface area (Å²) in [5, 5.41) is 0.296. The second-order valence-electron chi connectivity index (χ2n) is 5.34. The summed E-state index contributed by atoms with van der Waals surface area (Å²) < 4.78 is 26.3. The van der Waals surface area contributed by atoms with Crippen molar-refractivity contribution in [2.24, 2.45) is 5.92 Å². The van der Waals surface area contributed by atoms with Gasteiger partial charge in [-0.1, -0.05) is 59.6 Å². The van der Waals surface area contributed by atoms with Crippen molar-refractivity contribution in [2.75, 3.05) is 0 Å². The Morgan fingerprint density at radius 3 is 2.47 bits per heavy atom. The normalized spacial score (nSPS) is 18.5. The van der Waals surface area contributed by atoms with Crippen molar-refractivity contribution in [3.8, 4) is 0 Å². The van der Waals surface area contributed by atoms with Crippen LogP contribution in [0.1, 0.15) is 55.3 Å². The molecule has 0 aliphatic heterocycles. The lowest BCUT2D eigenvalue weighted by molar-refractivity contribution is 0.332. The maximum absolute atomic E-state index is 13.3. The molecule has 0 bridgehead atoms. The smallest absolute Gasteiger partial charge is 0.160 e. The zero-order valence-corrected chi connectivity index (χ0v) is 13.1. The lowest BCUT2D eigenvalue weighted by Gasteiger charge is -2.22. The molecule has 0 amide bonds. The van der Waals surface area contributed by atoms with E-state index in [-0.39, 0.29) is 4.83 Å². The van der Waals surface area contributed by atoms with Gasteiger partial charge in [0.05, 0.1) is 0 Å². The van der Waals surface area contributed by atoms with Gasteiger partial charge in [0.25, 0.3) is 0 Å². The van der Waals surface area contributed by atoms with Gasteiger partial charge in [-0.15, -0.1) is 0 Å². The largest absolute Gasteiger partial charge is 0.204 e. The van der Waals surface area contributed by atoms with Gasteiger partial charge in [-0.3, -0.25) is 0 Å². The molecule has 0 heterocycles. The summed E-state index contributed by atoms with van der Waals surface area (Å²) in [4.78, 5) is -0.00275. The minimum atomic E-state index is -0.888. The number of alkyl halides is 1. The van der Waals surface area contributed by atoms with Crippen LogP contribution in [0.3, 0.4) is 0 Å². The fraction of sp³-hybridized carbons (Fsp3) is 0.600. The quantitative estimate of drug-likeness (QED) is 0.434. The van der Waals surface area contributed by atoms with Crippen LogP contribution < -0.4 is 0 Å². The maximum Gasteiger partial charge on any atom is 0.160 e. The molecule has 1 unspecified atom stereocenters. The van der Waals surface area contributed by atoms with Crippen LogP contribution in [-0.2, 0) is 0 Å². The summed E-state index contributed by atoms with van der Waals surface area (Å²) in [5.41, 5.74) is 0.649. The predicted octanol–water partition coefficient (Wildman–Crippen LogP) is 6.41. The molecule has 19 heavy (non-hydrogen) atoms. The first-order valence-corrected chi connectivity index (χ1v) is 8.16. The molecular weight excluding hydrogens is 334 g/mol. The van der Waals surface area contributed by atoms with Crippen LogP contribution in [0.4, 0.5) is 8.78 Å². The van der Waals surface area contributed by atoms with Crippen molar-refractivity contribution >= 4 is 27.5 Å². The number of hydrogen-bond acceptors (Lipinski definition) is 0. The van der Waals surface area contributed by atoms with E-state index >= 15 is 0 Å². The average Bonchev–Trinajstić information content (AvgIpc) is 2.41. The van der Waals surface area contributed by atoms with Crippen LogP contribution in [-0.4, -0.2) is 0 Å². The Balaban J connectivity index is 1.95. The monoisotopic (exact) mass is 350 g/mol. The second-order valence-corrected chi connectivity index (χ2v) is 6.85. The molecule has 1 saturated carbocycles. The first-order chi connectivity index (χ1) is 9.08. The van der Waals surface area contributed by atoms with E-state index in [2.05, 4.69) is 15.9 Å². The third kappa shape index (κ3) is 4.16. The molecule has 106 valence electrons. The highest BCUT2D eigenvalue weighted by molar-refractivity contribution is 9.09. The highest BCUT2D eigenvalue weighted by Gasteiger charge is 2.19. The van der Waals surface area contributed by atoms with Gasteiger partial charge >= 0.3 is 0 Å². The summed E-state index contributed by atoms with van der Waals surface area (Å²) in [6.45, 7) is 0. The molecule has 1 atom stereocenters. The lowest BCUT2D eigenvalue weighted by Crippen LogP contribution is -2.07. The molecule has 1 aromatic rings. The van der Waals surface area contributed by atoms with Crippen molar-refractivity contribution in [1.29, 1.82) is 0 Å². The minimum Gasteiger partial charge on any atom is -0.204 e. The van der Waals surface area contributed by atoms with Crippen LogP contribution in [0.2, 0.25) is 5.02 Å². The molecule has 0 nitrogen and oxygen atoms in total. The van der Waals surface area contributed by atoms with Gasteiger partial charge in [-0.05, 0) is 36.5 Å². The zero-order chi connectivity index (χ0) is 13.8. The molecule has 1 fully saturated rings. The standard InChI is InChI=1S/C15H18BrClF2/c16-12(7-6-10-4-2-1-3-5-10)11-8-14(18)15(19)9-13(11)17/h8-10,12H,1-7H2.